The molecule has 0 radical (unpaired) electrons. The SMILES string of the molecule is N#CCc1cc(N)cc(Cl)c1Br. The smallest absolute Gasteiger partial charge is 0.0670 e. The highest BCUT2D eigenvalue weighted by Crippen LogP contribution is 2.29. The zero-order chi connectivity index (χ0) is 9.14. The summed E-state index contributed by atoms with van der Waals surface area (Å²) in [4.78, 5) is 0. The second kappa shape index (κ2) is 3.79. The summed E-state index contributed by atoms with van der Waals surface area (Å²) in [6, 6.07) is 5.42. The van der Waals surface area contributed by atoms with Crippen molar-refractivity contribution in [2.24, 2.45) is 0 Å². The number of anilines is 1. The van der Waals surface area contributed by atoms with Gasteiger partial charge in [-0.3, -0.25) is 0 Å². The zero-order valence-corrected chi connectivity index (χ0v) is 8.48. The molecule has 1 aromatic rings. The van der Waals surface area contributed by atoms with E-state index in [4.69, 9.17) is 22.6 Å². The van der Waals surface area contributed by atoms with Crippen molar-refractivity contribution in [3.8, 4) is 6.07 Å². The van der Waals surface area contributed by atoms with Gasteiger partial charge < -0.3 is 5.73 Å². The molecule has 0 fully saturated rings. The molecule has 0 aromatic heterocycles. The third-order valence-corrected chi connectivity index (χ3v) is 2.86. The van der Waals surface area contributed by atoms with E-state index in [0.29, 0.717) is 17.1 Å². The summed E-state index contributed by atoms with van der Waals surface area (Å²) in [6.45, 7) is 0. The van der Waals surface area contributed by atoms with Crippen LogP contribution in [0.25, 0.3) is 0 Å². The van der Waals surface area contributed by atoms with Gasteiger partial charge in [-0.2, -0.15) is 5.26 Å². The molecule has 0 heterocycles. The van der Waals surface area contributed by atoms with Gasteiger partial charge in [0.15, 0.2) is 0 Å². The van der Waals surface area contributed by atoms with E-state index in [1.54, 1.807) is 12.1 Å². The number of nitrogen functional groups attached to an aromatic ring is 1. The van der Waals surface area contributed by atoms with Crippen LogP contribution in [0.5, 0.6) is 0 Å². The zero-order valence-electron chi connectivity index (χ0n) is 6.14. The fourth-order valence-corrected chi connectivity index (χ4v) is 1.50. The first-order valence-electron chi connectivity index (χ1n) is 3.25. The van der Waals surface area contributed by atoms with E-state index in [0.717, 1.165) is 10.0 Å². The largest absolute Gasteiger partial charge is 0.399 e. The van der Waals surface area contributed by atoms with E-state index >= 15 is 0 Å². The summed E-state index contributed by atoms with van der Waals surface area (Å²) in [7, 11) is 0. The van der Waals surface area contributed by atoms with Crippen molar-refractivity contribution < 1.29 is 0 Å². The van der Waals surface area contributed by atoms with Crippen molar-refractivity contribution in [2.45, 2.75) is 6.42 Å². The van der Waals surface area contributed by atoms with Gasteiger partial charge in [-0.05, 0) is 33.6 Å². The average Bonchev–Trinajstić information content (AvgIpc) is 2.00. The van der Waals surface area contributed by atoms with Crippen molar-refractivity contribution in [3.05, 3.63) is 27.2 Å². The van der Waals surface area contributed by atoms with Crippen molar-refractivity contribution in [3.63, 3.8) is 0 Å². The van der Waals surface area contributed by atoms with Crippen molar-refractivity contribution >= 4 is 33.2 Å². The van der Waals surface area contributed by atoms with Crippen molar-refractivity contribution in [1.29, 1.82) is 5.26 Å². The molecule has 2 N–H and O–H groups in total. The minimum atomic E-state index is 0.311. The number of hydrogen-bond donors (Lipinski definition) is 1. The topological polar surface area (TPSA) is 49.8 Å². The van der Waals surface area contributed by atoms with E-state index in [1.807, 2.05) is 6.07 Å². The second-order valence-electron chi connectivity index (χ2n) is 2.31. The summed E-state index contributed by atoms with van der Waals surface area (Å²) in [5.41, 5.74) is 6.94. The highest BCUT2D eigenvalue weighted by atomic mass is 79.9. The fraction of sp³-hybridized carbons (Fsp3) is 0.125. The molecule has 0 spiro atoms. The molecule has 0 amide bonds. The Labute approximate surface area is 84.1 Å². The van der Waals surface area contributed by atoms with Gasteiger partial charge in [0.1, 0.15) is 0 Å². The van der Waals surface area contributed by atoms with E-state index in [2.05, 4.69) is 15.9 Å². The Bertz CT molecular complexity index is 344. The highest BCUT2D eigenvalue weighted by Gasteiger charge is 2.04. The van der Waals surface area contributed by atoms with Crippen LogP contribution in [-0.4, -0.2) is 0 Å². The Morgan fingerprint density at radius 2 is 2.25 bits per heavy atom. The molecule has 0 saturated heterocycles. The van der Waals surface area contributed by atoms with Crippen LogP contribution in [0.15, 0.2) is 16.6 Å². The first-order valence-corrected chi connectivity index (χ1v) is 4.42. The average molecular weight is 246 g/mol. The lowest BCUT2D eigenvalue weighted by molar-refractivity contribution is 1.25. The van der Waals surface area contributed by atoms with Crippen LogP contribution in [0.2, 0.25) is 5.02 Å². The van der Waals surface area contributed by atoms with Gasteiger partial charge in [0.05, 0.1) is 17.5 Å². The monoisotopic (exact) mass is 244 g/mol. The maximum atomic E-state index is 8.47. The minimum absolute atomic E-state index is 0.311. The molecule has 1 rings (SSSR count). The number of halogens is 2. The second-order valence-corrected chi connectivity index (χ2v) is 3.51. The summed E-state index contributed by atoms with van der Waals surface area (Å²) in [5, 5.41) is 9.01. The number of nitriles is 1. The Balaban J connectivity index is 3.20. The standard InChI is InChI=1S/C8H6BrClN2/c9-8-5(1-2-11)3-6(12)4-7(8)10/h3-4H,1,12H2. The molecule has 0 aliphatic rings. The van der Waals surface area contributed by atoms with Crippen LogP contribution in [0, 0.1) is 11.3 Å². The van der Waals surface area contributed by atoms with Crippen LogP contribution in [0.4, 0.5) is 5.69 Å². The molecule has 4 heteroatoms. The van der Waals surface area contributed by atoms with Gasteiger partial charge in [0.2, 0.25) is 0 Å². The molecule has 2 nitrogen and oxygen atoms in total. The van der Waals surface area contributed by atoms with Gasteiger partial charge in [0, 0.05) is 10.2 Å². The number of hydrogen-bond acceptors (Lipinski definition) is 2. The van der Waals surface area contributed by atoms with Crippen LogP contribution < -0.4 is 5.73 Å². The van der Waals surface area contributed by atoms with Crippen molar-refractivity contribution in [2.75, 3.05) is 5.73 Å². The maximum absolute atomic E-state index is 8.47. The maximum Gasteiger partial charge on any atom is 0.0670 e. The molecule has 0 unspecified atom stereocenters. The van der Waals surface area contributed by atoms with Crippen LogP contribution in [0.3, 0.4) is 0 Å². The van der Waals surface area contributed by atoms with Gasteiger partial charge in [-0.1, -0.05) is 11.6 Å². The molecule has 0 aliphatic carbocycles. The first-order chi connectivity index (χ1) is 5.65. The lowest BCUT2D eigenvalue weighted by Gasteiger charge is -2.03. The normalized spacial score (nSPS) is 9.42. The molecule has 0 bridgehead atoms. The molecule has 62 valence electrons. The first kappa shape index (κ1) is 9.37. The quantitative estimate of drug-likeness (QED) is 0.774. The summed E-state index contributed by atoms with van der Waals surface area (Å²) < 4.78 is 0.750. The highest BCUT2D eigenvalue weighted by molar-refractivity contribution is 9.10. The van der Waals surface area contributed by atoms with Crippen LogP contribution >= 0.6 is 27.5 Å². The number of benzene rings is 1. The predicted octanol–water partition coefficient (Wildman–Crippen LogP) is 2.75. The Morgan fingerprint density at radius 1 is 1.58 bits per heavy atom. The Hall–Kier alpha value is -0.720. The molecule has 12 heavy (non-hydrogen) atoms. The Morgan fingerprint density at radius 3 is 2.83 bits per heavy atom. The van der Waals surface area contributed by atoms with E-state index in [-0.39, 0.29) is 0 Å². The fourth-order valence-electron chi connectivity index (χ4n) is 0.883. The van der Waals surface area contributed by atoms with Crippen molar-refractivity contribution in [1.82, 2.24) is 0 Å². The summed E-state index contributed by atoms with van der Waals surface area (Å²) in [6.07, 6.45) is 0.311. The number of nitrogens with two attached hydrogens (primary N) is 1. The third-order valence-electron chi connectivity index (χ3n) is 1.40. The summed E-state index contributed by atoms with van der Waals surface area (Å²) >= 11 is 9.10. The van der Waals surface area contributed by atoms with Crippen LogP contribution in [-0.2, 0) is 6.42 Å². The minimum Gasteiger partial charge on any atom is -0.399 e. The molecule has 0 atom stereocenters. The van der Waals surface area contributed by atoms with Gasteiger partial charge >= 0.3 is 0 Å². The number of rotatable bonds is 1. The Kier molecular flexibility index (Phi) is 2.96. The molecule has 1 aromatic carbocycles. The van der Waals surface area contributed by atoms with E-state index in [1.165, 1.54) is 0 Å². The lowest BCUT2D eigenvalue weighted by Crippen LogP contribution is -1.90. The van der Waals surface area contributed by atoms with Gasteiger partial charge in [-0.15, -0.1) is 0 Å². The van der Waals surface area contributed by atoms with E-state index in [9.17, 15) is 0 Å². The van der Waals surface area contributed by atoms with E-state index < -0.39 is 0 Å². The molecular weight excluding hydrogens is 239 g/mol. The molecule has 0 aliphatic heterocycles. The van der Waals surface area contributed by atoms with Gasteiger partial charge in [-0.25, -0.2) is 0 Å². The molecular formula is C8H6BrClN2. The molecule has 0 saturated carbocycles. The third kappa shape index (κ3) is 1.90. The van der Waals surface area contributed by atoms with Gasteiger partial charge in [0.25, 0.3) is 0 Å². The predicted molar refractivity (Wildman–Crippen MR) is 52.9 cm³/mol. The van der Waals surface area contributed by atoms with Crippen LogP contribution in [0.1, 0.15) is 5.56 Å². The lowest BCUT2D eigenvalue weighted by atomic mass is 10.1. The number of nitrogens with zero attached hydrogens (tertiary/aromatic N) is 1. The summed E-state index contributed by atoms with van der Waals surface area (Å²) in [5.74, 6) is 0.